The molecule has 1 aliphatic carbocycles. The van der Waals surface area contributed by atoms with E-state index in [-0.39, 0.29) is 0 Å². The highest BCUT2D eigenvalue weighted by atomic mass is 15.2. The van der Waals surface area contributed by atoms with Gasteiger partial charge in [-0.3, -0.25) is 4.90 Å². The minimum Gasteiger partial charge on any atom is -0.330 e. The summed E-state index contributed by atoms with van der Waals surface area (Å²) in [6.07, 6.45) is 6.66. The predicted molar refractivity (Wildman–Crippen MR) is 58.6 cm³/mol. The summed E-state index contributed by atoms with van der Waals surface area (Å²) in [5.74, 6) is 0. The first-order chi connectivity index (χ1) is 7.34. The summed E-state index contributed by atoms with van der Waals surface area (Å²) in [6.45, 7) is 3.30. The van der Waals surface area contributed by atoms with Crippen LogP contribution in [0, 0.1) is 0 Å². The highest BCUT2D eigenvalue weighted by Crippen LogP contribution is 2.35. The van der Waals surface area contributed by atoms with Crippen molar-refractivity contribution in [1.82, 2.24) is 19.8 Å². The topological polar surface area (TPSA) is 33.1 Å². The molecule has 0 amide bonds. The predicted octanol–water partition coefficient (Wildman–Crippen LogP) is 0.622. The van der Waals surface area contributed by atoms with Gasteiger partial charge in [0.1, 0.15) is 0 Å². The lowest BCUT2D eigenvalue weighted by atomic mass is 10.1. The van der Waals surface area contributed by atoms with Crippen molar-refractivity contribution < 1.29 is 0 Å². The fourth-order valence-corrected chi connectivity index (χ4v) is 2.11. The van der Waals surface area contributed by atoms with Crippen LogP contribution in [0.2, 0.25) is 0 Å². The van der Waals surface area contributed by atoms with Gasteiger partial charge in [0.15, 0.2) is 0 Å². The zero-order chi connectivity index (χ0) is 10.3. The molecule has 1 saturated carbocycles. The van der Waals surface area contributed by atoms with Gasteiger partial charge < -0.3 is 9.88 Å². The largest absolute Gasteiger partial charge is 0.330 e. The summed E-state index contributed by atoms with van der Waals surface area (Å²) < 4.78 is 2.35. The molecule has 0 unspecified atom stereocenters. The molecule has 2 heterocycles. The van der Waals surface area contributed by atoms with E-state index < -0.39 is 0 Å². The molecule has 2 fully saturated rings. The van der Waals surface area contributed by atoms with Crippen LogP contribution in [-0.4, -0.2) is 40.6 Å². The van der Waals surface area contributed by atoms with Gasteiger partial charge in [-0.2, -0.15) is 0 Å². The molecule has 4 heteroatoms. The Labute approximate surface area is 90.3 Å². The smallest absolute Gasteiger partial charge is 0.0951 e. The van der Waals surface area contributed by atoms with Crippen LogP contribution in [0.4, 0.5) is 0 Å². The van der Waals surface area contributed by atoms with E-state index in [1.165, 1.54) is 18.5 Å². The third-order valence-electron chi connectivity index (χ3n) is 3.48. The van der Waals surface area contributed by atoms with Crippen LogP contribution in [0.15, 0.2) is 12.5 Å². The Hall–Kier alpha value is -0.870. The molecular formula is C11H18N4. The summed E-state index contributed by atoms with van der Waals surface area (Å²) in [4.78, 5) is 6.68. The van der Waals surface area contributed by atoms with Gasteiger partial charge in [-0.25, -0.2) is 4.98 Å². The SMILES string of the molecule is CN(Cc1cncn1C1CC1)C1CNC1. The summed E-state index contributed by atoms with van der Waals surface area (Å²) in [5.41, 5.74) is 1.37. The Balaban J connectivity index is 1.67. The van der Waals surface area contributed by atoms with Gasteiger partial charge in [0.05, 0.1) is 12.0 Å². The third-order valence-corrected chi connectivity index (χ3v) is 3.48. The highest BCUT2D eigenvalue weighted by Gasteiger charge is 2.27. The molecule has 0 bridgehead atoms. The maximum Gasteiger partial charge on any atom is 0.0951 e. The lowest BCUT2D eigenvalue weighted by Gasteiger charge is -2.35. The first kappa shape index (κ1) is 9.36. The number of aromatic nitrogens is 2. The summed E-state index contributed by atoms with van der Waals surface area (Å²) in [6, 6.07) is 1.46. The van der Waals surface area contributed by atoms with Crippen molar-refractivity contribution in [3.05, 3.63) is 18.2 Å². The minimum absolute atomic E-state index is 0.715. The normalized spacial score (nSPS) is 22.0. The van der Waals surface area contributed by atoms with Crippen molar-refractivity contribution >= 4 is 0 Å². The molecule has 15 heavy (non-hydrogen) atoms. The van der Waals surface area contributed by atoms with Crippen LogP contribution < -0.4 is 5.32 Å². The van der Waals surface area contributed by atoms with Crippen molar-refractivity contribution in [2.45, 2.75) is 31.5 Å². The van der Waals surface area contributed by atoms with E-state index in [1.807, 2.05) is 12.5 Å². The van der Waals surface area contributed by atoms with Crippen molar-refractivity contribution in [1.29, 1.82) is 0 Å². The lowest BCUT2D eigenvalue weighted by Crippen LogP contribution is -2.55. The monoisotopic (exact) mass is 206 g/mol. The van der Waals surface area contributed by atoms with Crippen LogP contribution in [0.1, 0.15) is 24.6 Å². The van der Waals surface area contributed by atoms with Gasteiger partial charge in [-0.1, -0.05) is 0 Å². The van der Waals surface area contributed by atoms with E-state index in [0.717, 1.165) is 25.7 Å². The molecule has 0 aromatic carbocycles. The Morgan fingerprint density at radius 1 is 1.53 bits per heavy atom. The second-order valence-corrected chi connectivity index (χ2v) is 4.75. The molecular weight excluding hydrogens is 188 g/mol. The molecule has 0 radical (unpaired) electrons. The average Bonchev–Trinajstić information content (AvgIpc) is 2.85. The van der Waals surface area contributed by atoms with E-state index in [1.54, 1.807) is 0 Å². The van der Waals surface area contributed by atoms with Crippen LogP contribution in [0.25, 0.3) is 0 Å². The maximum absolute atomic E-state index is 4.26. The second kappa shape index (κ2) is 3.61. The van der Waals surface area contributed by atoms with Crippen molar-refractivity contribution in [3.8, 4) is 0 Å². The molecule has 1 aromatic rings. The molecule has 0 atom stereocenters. The number of nitrogens with zero attached hydrogens (tertiary/aromatic N) is 3. The first-order valence-electron chi connectivity index (χ1n) is 5.76. The van der Waals surface area contributed by atoms with Crippen LogP contribution in [-0.2, 0) is 6.54 Å². The van der Waals surface area contributed by atoms with E-state index in [2.05, 4.69) is 26.8 Å². The van der Waals surface area contributed by atoms with E-state index in [0.29, 0.717) is 6.04 Å². The van der Waals surface area contributed by atoms with E-state index >= 15 is 0 Å². The molecule has 0 spiro atoms. The quantitative estimate of drug-likeness (QED) is 0.784. The second-order valence-electron chi connectivity index (χ2n) is 4.75. The van der Waals surface area contributed by atoms with E-state index in [9.17, 15) is 0 Å². The molecule has 2 aliphatic rings. The molecule has 82 valence electrons. The van der Waals surface area contributed by atoms with Crippen molar-refractivity contribution in [2.24, 2.45) is 0 Å². The first-order valence-corrected chi connectivity index (χ1v) is 5.76. The number of nitrogens with one attached hydrogen (secondary N) is 1. The fraction of sp³-hybridized carbons (Fsp3) is 0.727. The molecule has 1 saturated heterocycles. The molecule has 1 aliphatic heterocycles. The Kier molecular flexibility index (Phi) is 2.25. The number of imidazole rings is 1. The Morgan fingerprint density at radius 2 is 2.33 bits per heavy atom. The maximum atomic E-state index is 4.26. The standard InChI is InChI=1S/C11H18N4/c1-14(10-4-12-5-10)7-11-6-13-8-15(11)9-2-3-9/h6,8-10,12H,2-5,7H2,1H3. The third kappa shape index (κ3) is 1.79. The van der Waals surface area contributed by atoms with Crippen LogP contribution in [0.5, 0.6) is 0 Å². The number of rotatable bonds is 4. The average molecular weight is 206 g/mol. The van der Waals surface area contributed by atoms with Crippen LogP contribution in [0.3, 0.4) is 0 Å². The molecule has 1 N–H and O–H groups in total. The van der Waals surface area contributed by atoms with Gasteiger partial charge >= 0.3 is 0 Å². The highest BCUT2D eigenvalue weighted by molar-refractivity contribution is 5.04. The summed E-state index contributed by atoms with van der Waals surface area (Å²) in [7, 11) is 2.20. The number of likely N-dealkylation sites (N-methyl/N-ethyl adjacent to an activating group) is 1. The zero-order valence-electron chi connectivity index (χ0n) is 9.19. The summed E-state index contributed by atoms with van der Waals surface area (Å²) in [5, 5.41) is 3.31. The zero-order valence-corrected chi connectivity index (χ0v) is 9.19. The molecule has 1 aromatic heterocycles. The number of hydrogen-bond acceptors (Lipinski definition) is 3. The van der Waals surface area contributed by atoms with Gasteiger partial charge in [0.25, 0.3) is 0 Å². The van der Waals surface area contributed by atoms with E-state index in [4.69, 9.17) is 0 Å². The fourth-order valence-electron chi connectivity index (χ4n) is 2.11. The van der Waals surface area contributed by atoms with Gasteiger partial charge in [-0.15, -0.1) is 0 Å². The van der Waals surface area contributed by atoms with Gasteiger partial charge in [0.2, 0.25) is 0 Å². The van der Waals surface area contributed by atoms with Gasteiger partial charge in [-0.05, 0) is 19.9 Å². The Bertz CT molecular complexity index is 338. The number of hydrogen-bond donors (Lipinski definition) is 1. The van der Waals surface area contributed by atoms with Crippen LogP contribution >= 0.6 is 0 Å². The Morgan fingerprint density at radius 3 is 2.93 bits per heavy atom. The lowest BCUT2D eigenvalue weighted by molar-refractivity contribution is 0.169. The van der Waals surface area contributed by atoms with Crippen molar-refractivity contribution in [3.63, 3.8) is 0 Å². The summed E-state index contributed by atoms with van der Waals surface area (Å²) >= 11 is 0. The minimum atomic E-state index is 0.715. The molecule has 4 nitrogen and oxygen atoms in total. The van der Waals surface area contributed by atoms with Gasteiger partial charge in [0, 0.05) is 37.9 Å². The molecule has 3 rings (SSSR count). The van der Waals surface area contributed by atoms with Crippen molar-refractivity contribution in [2.75, 3.05) is 20.1 Å².